The van der Waals surface area contributed by atoms with E-state index in [1.165, 1.54) is 19.4 Å². The molecule has 1 amide bonds. The number of carbonyl (C=O) groups is 1. The first-order valence-electron chi connectivity index (χ1n) is 9.92. The van der Waals surface area contributed by atoms with E-state index in [0.717, 1.165) is 53.0 Å². The first kappa shape index (κ1) is 19.3. The third-order valence-electron chi connectivity index (χ3n) is 6.00. The molecule has 1 aromatic carbocycles. The summed E-state index contributed by atoms with van der Waals surface area (Å²) < 4.78 is 0. The van der Waals surface area contributed by atoms with Gasteiger partial charge in [-0.2, -0.15) is 0 Å². The molecule has 4 rings (SSSR count). The number of nitrogens with two attached hydrogens (primary N) is 1. The number of amides is 1. The molecule has 1 saturated heterocycles. The lowest BCUT2D eigenvalue weighted by Crippen LogP contribution is -2.24. The van der Waals surface area contributed by atoms with Gasteiger partial charge in [0.15, 0.2) is 0 Å². The highest BCUT2D eigenvalue weighted by atomic mass is 16.1. The monoisotopic (exact) mass is 393 g/mol. The predicted octanol–water partition coefficient (Wildman–Crippen LogP) is 1.85. The molecule has 2 atom stereocenters. The molecule has 2 fully saturated rings. The Balaban J connectivity index is 1.59. The Labute approximate surface area is 170 Å². The van der Waals surface area contributed by atoms with Crippen LogP contribution in [0.3, 0.4) is 0 Å². The highest BCUT2D eigenvalue weighted by Crippen LogP contribution is 2.39. The van der Waals surface area contributed by atoms with Crippen molar-refractivity contribution in [3.63, 3.8) is 0 Å². The number of rotatable bonds is 6. The molecule has 29 heavy (non-hydrogen) atoms. The SMILES string of the molecule is CN=C(c1ccc(NC=O)cc1)c1c(N)ncnc1NC1CC2CN(C)CC2C1. The normalized spacial score (nSPS) is 24.3. The van der Waals surface area contributed by atoms with Gasteiger partial charge in [0.25, 0.3) is 0 Å². The zero-order chi connectivity index (χ0) is 20.4. The van der Waals surface area contributed by atoms with Gasteiger partial charge in [-0.15, -0.1) is 0 Å². The molecule has 8 heteroatoms. The molecule has 0 bridgehead atoms. The number of nitrogens with one attached hydrogen (secondary N) is 2. The Hall–Kier alpha value is -3.00. The zero-order valence-corrected chi connectivity index (χ0v) is 16.8. The Morgan fingerprint density at radius 3 is 2.52 bits per heavy atom. The van der Waals surface area contributed by atoms with Crippen LogP contribution in [0.2, 0.25) is 0 Å². The highest BCUT2D eigenvalue weighted by Gasteiger charge is 2.40. The number of fused-ring (bicyclic) bond motifs is 1. The van der Waals surface area contributed by atoms with Gasteiger partial charge in [0.1, 0.15) is 18.0 Å². The number of hydrogen-bond donors (Lipinski definition) is 3. The maximum atomic E-state index is 10.6. The van der Waals surface area contributed by atoms with Crippen LogP contribution in [0.15, 0.2) is 35.6 Å². The summed E-state index contributed by atoms with van der Waals surface area (Å²) in [4.78, 5) is 26.2. The first-order chi connectivity index (χ1) is 14.1. The van der Waals surface area contributed by atoms with Crippen molar-refractivity contribution in [2.24, 2.45) is 16.8 Å². The number of benzene rings is 1. The summed E-state index contributed by atoms with van der Waals surface area (Å²) in [6.45, 7) is 2.34. The molecule has 2 aromatic rings. The van der Waals surface area contributed by atoms with E-state index in [-0.39, 0.29) is 0 Å². The number of carbonyl (C=O) groups excluding carboxylic acids is 1. The van der Waals surface area contributed by atoms with Crippen molar-refractivity contribution >= 4 is 29.4 Å². The highest BCUT2D eigenvalue weighted by molar-refractivity contribution is 6.18. The maximum Gasteiger partial charge on any atom is 0.211 e. The molecule has 2 heterocycles. The van der Waals surface area contributed by atoms with Crippen LogP contribution in [-0.2, 0) is 4.79 Å². The van der Waals surface area contributed by atoms with Crippen LogP contribution in [-0.4, -0.2) is 60.2 Å². The Kier molecular flexibility index (Phi) is 5.44. The number of anilines is 3. The van der Waals surface area contributed by atoms with E-state index < -0.39 is 0 Å². The predicted molar refractivity (Wildman–Crippen MR) is 115 cm³/mol. The van der Waals surface area contributed by atoms with E-state index in [1.54, 1.807) is 7.05 Å². The lowest BCUT2D eigenvalue weighted by Gasteiger charge is -2.20. The van der Waals surface area contributed by atoms with Crippen LogP contribution < -0.4 is 16.4 Å². The molecular weight excluding hydrogens is 366 g/mol. The molecule has 1 saturated carbocycles. The van der Waals surface area contributed by atoms with Crippen LogP contribution in [0.5, 0.6) is 0 Å². The van der Waals surface area contributed by atoms with E-state index in [2.05, 4.69) is 37.5 Å². The molecule has 0 radical (unpaired) electrons. The molecule has 0 spiro atoms. The van der Waals surface area contributed by atoms with Gasteiger partial charge < -0.3 is 21.3 Å². The average Bonchev–Trinajstić information content (AvgIpc) is 3.22. The van der Waals surface area contributed by atoms with E-state index in [0.29, 0.717) is 18.3 Å². The summed E-state index contributed by atoms with van der Waals surface area (Å²) in [6.07, 6.45) is 4.44. The number of nitrogens with zero attached hydrogens (tertiary/aromatic N) is 4. The van der Waals surface area contributed by atoms with Crippen molar-refractivity contribution in [3.05, 3.63) is 41.7 Å². The average molecular weight is 393 g/mol. The molecular formula is C21H27N7O. The van der Waals surface area contributed by atoms with Crippen molar-refractivity contribution in [3.8, 4) is 0 Å². The van der Waals surface area contributed by atoms with Crippen LogP contribution >= 0.6 is 0 Å². The van der Waals surface area contributed by atoms with Crippen LogP contribution in [0.4, 0.5) is 17.3 Å². The summed E-state index contributed by atoms with van der Waals surface area (Å²) in [5.41, 5.74) is 9.31. The van der Waals surface area contributed by atoms with Crippen molar-refractivity contribution in [2.75, 3.05) is 43.6 Å². The number of aromatic nitrogens is 2. The minimum atomic E-state index is 0.379. The smallest absolute Gasteiger partial charge is 0.211 e. The molecule has 152 valence electrons. The fourth-order valence-electron chi connectivity index (χ4n) is 4.77. The topological polar surface area (TPSA) is 109 Å². The van der Waals surface area contributed by atoms with Crippen LogP contribution in [0.1, 0.15) is 24.0 Å². The summed E-state index contributed by atoms with van der Waals surface area (Å²) in [5, 5.41) is 6.26. The van der Waals surface area contributed by atoms with Gasteiger partial charge in [-0.05, 0) is 43.9 Å². The lowest BCUT2D eigenvalue weighted by atomic mass is 10.0. The molecule has 1 aromatic heterocycles. The van der Waals surface area contributed by atoms with Crippen molar-refractivity contribution in [1.29, 1.82) is 0 Å². The standard InChI is InChI=1S/C21H27N7O/c1-23-19(13-3-5-16(6-4-13)26-12-29)18-20(22)24-11-25-21(18)27-17-7-14-9-28(2)10-15(14)8-17/h3-6,11-12,14-15,17H,7-10H2,1-2H3,(H,26,29)(H3,22,24,25,27). The second-order valence-electron chi connectivity index (χ2n) is 7.95. The third-order valence-corrected chi connectivity index (χ3v) is 6.00. The van der Waals surface area contributed by atoms with Gasteiger partial charge in [-0.25, -0.2) is 9.97 Å². The second kappa shape index (κ2) is 8.16. The first-order valence-corrected chi connectivity index (χ1v) is 9.92. The molecule has 2 aliphatic rings. The van der Waals surface area contributed by atoms with Crippen LogP contribution in [0.25, 0.3) is 0 Å². The maximum absolute atomic E-state index is 10.6. The van der Waals surface area contributed by atoms with Crippen molar-refractivity contribution in [2.45, 2.75) is 18.9 Å². The van der Waals surface area contributed by atoms with Crippen molar-refractivity contribution in [1.82, 2.24) is 14.9 Å². The minimum absolute atomic E-state index is 0.379. The summed E-state index contributed by atoms with van der Waals surface area (Å²) in [7, 11) is 3.93. The fraction of sp³-hybridized carbons (Fsp3) is 0.429. The van der Waals surface area contributed by atoms with E-state index in [9.17, 15) is 4.79 Å². The lowest BCUT2D eigenvalue weighted by molar-refractivity contribution is -0.105. The number of nitrogen functional groups attached to an aromatic ring is 1. The van der Waals surface area contributed by atoms with Gasteiger partial charge in [0, 0.05) is 37.4 Å². The zero-order valence-electron chi connectivity index (χ0n) is 16.8. The van der Waals surface area contributed by atoms with Crippen molar-refractivity contribution < 1.29 is 4.79 Å². The molecule has 8 nitrogen and oxygen atoms in total. The van der Waals surface area contributed by atoms with E-state index in [1.807, 2.05) is 24.3 Å². The molecule has 1 aliphatic carbocycles. The molecule has 2 unspecified atom stereocenters. The van der Waals surface area contributed by atoms with Gasteiger partial charge in [0.05, 0.1) is 11.3 Å². The summed E-state index contributed by atoms with van der Waals surface area (Å²) >= 11 is 0. The van der Waals surface area contributed by atoms with E-state index >= 15 is 0 Å². The number of hydrogen-bond acceptors (Lipinski definition) is 7. The largest absolute Gasteiger partial charge is 0.383 e. The number of likely N-dealkylation sites (tertiary alicyclic amines) is 1. The van der Waals surface area contributed by atoms with E-state index in [4.69, 9.17) is 5.73 Å². The fourth-order valence-corrected chi connectivity index (χ4v) is 4.77. The summed E-state index contributed by atoms with van der Waals surface area (Å²) in [6, 6.07) is 7.84. The summed E-state index contributed by atoms with van der Waals surface area (Å²) in [5.74, 6) is 2.62. The molecule has 1 aliphatic heterocycles. The second-order valence-corrected chi connectivity index (χ2v) is 7.95. The van der Waals surface area contributed by atoms with Gasteiger partial charge in [-0.1, -0.05) is 12.1 Å². The minimum Gasteiger partial charge on any atom is -0.383 e. The Bertz CT molecular complexity index is 898. The van der Waals surface area contributed by atoms with Gasteiger partial charge >= 0.3 is 0 Å². The quantitative estimate of drug-likeness (QED) is 0.510. The van der Waals surface area contributed by atoms with Gasteiger partial charge in [-0.3, -0.25) is 9.79 Å². The number of aliphatic imine (C=N–C) groups is 1. The third kappa shape index (κ3) is 3.93. The Morgan fingerprint density at radius 2 is 1.90 bits per heavy atom. The molecule has 4 N–H and O–H groups in total. The van der Waals surface area contributed by atoms with Gasteiger partial charge in [0.2, 0.25) is 6.41 Å². The van der Waals surface area contributed by atoms with Crippen LogP contribution in [0, 0.1) is 11.8 Å². The Morgan fingerprint density at radius 1 is 1.21 bits per heavy atom.